The molecule has 0 saturated heterocycles. The van der Waals surface area contributed by atoms with Crippen LogP contribution >= 0.6 is 0 Å². The lowest BCUT2D eigenvalue weighted by molar-refractivity contribution is 0.873. The summed E-state index contributed by atoms with van der Waals surface area (Å²) in [5.74, 6) is 0.402. The van der Waals surface area contributed by atoms with E-state index < -0.39 is 0 Å². The van der Waals surface area contributed by atoms with E-state index in [4.69, 9.17) is 0 Å². The molecule has 1 aromatic heterocycles. The highest BCUT2D eigenvalue weighted by molar-refractivity contribution is 6.15. The van der Waals surface area contributed by atoms with Gasteiger partial charge in [0.1, 0.15) is 0 Å². The molecule has 7 aromatic carbocycles. The monoisotopic (exact) mass is 623 g/mol. The molecule has 10 rings (SSSR count). The molecule has 230 valence electrons. The number of para-hydroxylation sites is 1. The van der Waals surface area contributed by atoms with Crippen LogP contribution in [0.2, 0.25) is 0 Å². The van der Waals surface area contributed by atoms with Gasteiger partial charge in [0.15, 0.2) is 0 Å². The molecule has 8 aromatic rings. The first-order chi connectivity index (χ1) is 24.3. The van der Waals surface area contributed by atoms with Crippen LogP contribution in [0.5, 0.6) is 0 Å². The van der Waals surface area contributed by atoms with Gasteiger partial charge >= 0.3 is 0 Å². The fourth-order valence-electron chi connectivity index (χ4n) is 8.11. The van der Waals surface area contributed by atoms with Gasteiger partial charge in [-0.25, -0.2) is 0 Å². The van der Waals surface area contributed by atoms with E-state index in [1.54, 1.807) is 0 Å². The molecule has 1 aliphatic heterocycles. The minimum Gasteiger partial charge on any atom is -0.312 e. The summed E-state index contributed by atoms with van der Waals surface area (Å²) in [7, 11) is 0. The highest BCUT2D eigenvalue weighted by Crippen LogP contribution is 2.50. The van der Waals surface area contributed by atoms with E-state index in [0.717, 1.165) is 6.42 Å². The maximum atomic E-state index is 2.51. The second-order valence-electron chi connectivity index (χ2n) is 13.3. The molecule has 1 unspecified atom stereocenters. The van der Waals surface area contributed by atoms with Crippen molar-refractivity contribution in [3.63, 3.8) is 0 Å². The average molecular weight is 624 g/mol. The number of fused-ring (bicyclic) bond motifs is 6. The van der Waals surface area contributed by atoms with Gasteiger partial charge < -0.3 is 4.57 Å². The zero-order valence-corrected chi connectivity index (χ0v) is 27.1. The maximum absolute atomic E-state index is 2.51. The van der Waals surface area contributed by atoms with E-state index in [9.17, 15) is 0 Å². The Balaban J connectivity index is 1.08. The molecule has 1 heteroatoms. The van der Waals surface area contributed by atoms with Crippen molar-refractivity contribution < 1.29 is 0 Å². The van der Waals surface area contributed by atoms with Crippen molar-refractivity contribution in [2.24, 2.45) is 0 Å². The van der Waals surface area contributed by atoms with Gasteiger partial charge in [-0.3, -0.25) is 0 Å². The molecule has 2 heterocycles. The van der Waals surface area contributed by atoms with Crippen LogP contribution in [0, 0.1) is 0 Å². The Bertz CT molecular complexity index is 2560. The number of rotatable bonds is 5. The Labute approximate surface area is 286 Å². The highest BCUT2D eigenvalue weighted by Gasteiger charge is 2.32. The lowest BCUT2D eigenvalue weighted by Crippen LogP contribution is -2.01. The minimum atomic E-state index is 0.402. The SMILES string of the molecule is C1=CCC2C(=C1)n1c3ccccc3c3cc(-c4cccc(-c5cccc(-c6cc(-c7ccccc7)cc(-c7ccccc7)c6)c5)c4)cc2c31. The molecule has 2 aliphatic rings. The Hall–Kier alpha value is -6.18. The highest BCUT2D eigenvalue weighted by atomic mass is 15.0. The van der Waals surface area contributed by atoms with Gasteiger partial charge in [-0.05, 0) is 122 Å². The first-order valence-corrected chi connectivity index (χ1v) is 17.2. The van der Waals surface area contributed by atoms with Crippen LogP contribution in [-0.2, 0) is 0 Å². The lowest BCUT2D eigenvalue weighted by Gasteiger charge is -2.17. The van der Waals surface area contributed by atoms with Gasteiger partial charge in [0.25, 0.3) is 0 Å². The van der Waals surface area contributed by atoms with Gasteiger partial charge in [0, 0.05) is 22.4 Å². The quantitative estimate of drug-likeness (QED) is 0.180. The molecule has 0 spiro atoms. The molecule has 0 fully saturated rings. The number of hydrogen-bond acceptors (Lipinski definition) is 0. The molecular formula is C48H33N. The van der Waals surface area contributed by atoms with E-state index in [2.05, 4.69) is 187 Å². The first kappa shape index (κ1) is 27.9. The molecule has 1 aliphatic carbocycles. The third kappa shape index (κ3) is 4.62. The van der Waals surface area contributed by atoms with E-state index in [1.165, 1.54) is 88.7 Å². The lowest BCUT2D eigenvalue weighted by atomic mass is 9.88. The van der Waals surface area contributed by atoms with Gasteiger partial charge in [0.2, 0.25) is 0 Å². The summed E-state index contributed by atoms with van der Waals surface area (Å²) >= 11 is 0. The van der Waals surface area contributed by atoms with Crippen molar-refractivity contribution >= 4 is 27.5 Å². The molecule has 0 radical (unpaired) electrons. The summed E-state index contributed by atoms with van der Waals surface area (Å²) in [6.07, 6.45) is 7.89. The first-order valence-electron chi connectivity index (χ1n) is 17.2. The van der Waals surface area contributed by atoms with Gasteiger partial charge in [-0.1, -0.05) is 127 Å². The average Bonchev–Trinajstić information content (AvgIpc) is 3.70. The van der Waals surface area contributed by atoms with Crippen LogP contribution in [0.15, 0.2) is 182 Å². The molecule has 49 heavy (non-hydrogen) atoms. The van der Waals surface area contributed by atoms with Crippen molar-refractivity contribution in [1.29, 1.82) is 0 Å². The summed E-state index contributed by atoms with van der Waals surface area (Å²) in [4.78, 5) is 0. The number of nitrogens with zero attached hydrogens (tertiary/aromatic N) is 1. The van der Waals surface area contributed by atoms with Crippen LogP contribution in [0.3, 0.4) is 0 Å². The standard InChI is InChI=1S/C48H33N/c1-3-13-32(14-4-1)38-27-39(33-15-5-2-6-16-33)29-40(28-38)36-19-11-17-34(25-36)35-18-12-20-37(26-35)41-30-44-42-21-7-9-23-46(42)49-47-24-10-8-22-43(47)45(31-41)48(44)49/h1-21,23-31,43H,22H2. The zero-order chi connectivity index (χ0) is 32.3. The van der Waals surface area contributed by atoms with Crippen LogP contribution in [0.1, 0.15) is 17.9 Å². The van der Waals surface area contributed by atoms with Crippen LogP contribution in [0.25, 0.3) is 83.1 Å². The summed E-state index contributed by atoms with van der Waals surface area (Å²) < 4.78 is 2.51. The Morgan fingerprint density at radius 3 is 1.53 bits per heavy atom. The summed E-state index contributed by atoms with van der Waals surface area (Å²) in [6, 6.07) is 60.2. The van der Waals surface area contributed by atoms with E-state index >= 15 is 0 Å². The second-order valence-corrected chi connectivity index (χ2v) is 13.3. The molecule has 0 amide bonds. The third-order valence-electron chi connectivity index (χ3n) is 10.4. The summed E-state index contributed by atoms with van der Waals surface area (Å²) in [5.41, 5.74) is 17.8. The predicted octanol–water partition coefficient (Wildman–Crippen LogP) is 13.0. The van der Waals surface area contributed by atoms with Gasteiger partial charge in [-0.2, -0.15) is 0 Å². The summed E-state index contributed by atoms with van der Waals surface area (Å²) in [6.45, 7) is 0. The maximum Gasteiger partial charge on any atom is 0.0577 e. The topological polar surface area (TPSA) is 4.93 Å². The van der Waals surface area contributed by atoms with Gasteiger partial charge in [0.05, 0.1) is 11.0 Å². The second kappa shape index (κ2) is 11.2. The van der Waals surface area contributed by atoms with Crippen molar-refractivity contribution in [1.82, 2.24) is 4.57 Å². The number of allylic oxidation sites excluding steroid dienone is 4. The minimum absolute atomic E-state index is 0.402. The van der Waals surface area contributed by atoms with Crippen LogP contribution in [0.4, 0.5) is 0 Å². The molecular weight excluding hydrogens is 591 g/mol. The fourth-order valence-corrected chi connectivity index (χ4v) is 8.11. The van der Waals surface area contributed by atoms with E-state index in [1.807, 2.05) is 0 Å². The Morgan fingerprint density at radius 2 is 0.898 bits per heavy atom. The number of aromatic nitrogens is 1. The van der Waals surface area contributed by atoms with Crippen molar-refractivity contribution in [3.8, 4) is 55.6 Å². The predicted molar refractivity (Wildman–Crippen MR) is 207 cm³/mol. The number of hydrogen-bond donors (Lipinski definition) is 0. The largest absolute Gasteiger partial charge is 0.312 e. The normalized spacial score (nSPS) is 14.7. The fraction of sp³-hybridized carbons (Fsp3) is 0.0417. The smallest absolute Gasteiger partial charge is 0.0577 e. The van der Waals surface area contributed by atoms with E-state index in [0.29, 0.717) is 5.92 Å². The van der Waals surface area contributed by atoms with Crippen LogP contribution < -0.4 is 0 Å². The Morgan fingerprint density at radius 1 is 0.408 bits per heavy atom. The molecule has 0 bridgehead atoms. The summed E-state index contributed by atoms with van der Waals surface area (Å²) in [5, 5.41) is 2.67. The van der Waals surface area contributed by atoms with Crippen molar-refractivity contribution in [2.75, 3.05) is 0 Å². The molecule has 0 saturated carbocycles. The van der Waals surface area contributed by atoms with Crippen molar-refractivity contribution in [2.45, 2.75) is 12.3 Å². The zero-order valence-electron chi connectivity index (χ0n) is 27.1. The van der Waals surface area contributed by atoms with Crippen molar-refractivity contribution in [3.05, 3.63) is 188 Å². The Kier molecular flexibility index (Phi) is 6.38. The number of benzene rings is 7. The van der Waals surface area contributed by atoms with Gasteiger partial charge in [-0.15, -0.1) is 0 Å². The molecule has 1 atom stereocenters. The van der Waals surface area contributed by atoms with E-state index in [-0.39, 0.29) is 0 Å². The third-order valence-corrected chi connectivity index (χ3v) is 10.4. The molecule has 0 N–H and O–H groups in total. The molecule has 1 nitrogen and oxygen atoms in total. The van der Waals surface area contributed by atoms with Crippen LogP contribution in [-0.4, -0.2) is 4.57 Å².